The predicted octanol–water partition coefficient (Wildman–Crippen LogP) is 11.3. The molecule has 0 spiro atoms. The number of phosphoric acid groups is 1. The first-order valence-electron chi connectivity index (χ1n) is 20.8. The van der Waals surface area contributed by atoms with Gasteiger partial charge in [0, 0.05) is 13.0 Å². The molecule has 0 aliphatic carbocycles. The van der Waals surface area contributed by atoms with Crippen LogP contribution >= 0.6 is 7.82 Å². The molecule has 0 aromatic heterocycles. The number of amides is 1. The van der Waals surface area contributed by atoms with Crippen LogP contribution in [0.4, 0.5) is 0 Å². The van der Waals surface area contributed by atoms with E-state index in [1.165, 1.54) is 116 Å². The van der Waals surface area contributed by atoms with Gasteiger partial charge in [0.05, 0.1) is 25.4 Å². The highest BCUT2D eigenvalue weighted by Crippen LogP contribution is 2.43. The number of hydrogen-bond donors (Lipinski definition) is 4. The minimum Gasteiger partial charge on any atom is -0.387 e. The Morgan fingerprint density at radius 3 is 1.51 bits per heavy atom. The van der Waals surface area contributed by atoms with E-state index in [-0.39, 0.29) is 25.7 Å². The maximum atomic E-state index is 12.7. The van der Waals surface area contributed by atoms with Gasteiger partial charge in [-0.15, -0.1) is 0 Å². The molecule has 0 bridgehead atoms. The lowest BCUT2D eigenvalue weighted by Gasteiger charge is -2.23. The summed E-state index contributed by atoms with van der Waals surface area (Å²) in [6, 6.07) is -0.885. The third kappa shape index (κ3) is 36.6. The van der Waals surface area contributed by atoms with Crippen LogP contribution in [0.25, 0.3) is 0 Å². The van der Waals surface area contributed by atoms with E-state index in [0.717, 1.165) is 44.9 Å². The first-order valence-corrected chi connectivity index (χ1v) is 22.3. The van der Waals surface area contributed by atoms with Crippen LogP contribution in [0.2, 0.25) is 0 Å². The zero-order valence-corrected chi connectivity index (χ0v) is 33.7. The van der Waals surface area contributed by atoms with Crippen molar-refractivity contribution in [2.45, 2.75) is 193 Å². The van der Waals surface area contributed by atoms with Gasteiger partial charge >= 0.3 is 7.82 Å². The summed E-state index contributed by atoms with van der Waals surface area (Å²) in [5.74, 6) is -0.215. The van der Waals surface area contributed by atoms with Crippen molar-refractivity contribution in [1.82, 2.24) is 5.32 Å². The summed E-state index contributed by atoms with van der Waals surface area (Å²) in [4.78, 5) is 22.6. The molecular formula is C42H79N2O6P. The second kappa shape index (κ2) is 38.2. The number of allylic oxidation sites excluding steroid dienone is 7. The van der Waals surface area contributed by atoms with E-state index in [0.29, 0.717) is 6.42 Å². The first kappa shape index (κ1) is 49.5. The molecule has 1 amide bonds. The highest BCUT2D eigenvalue weighted by molar-refractivity contribution is 7.47. The number of carbonyl (C=O) groups is 1. The van der Waals surface area contributed by atoms with Crippen LogP contribution in [0.15, 0.2) is 48.6 Å². The smallest absolute Gasteiger partial charge is 0.387 e. The standard InChI is InChI=1S/C42H79N2O6P/c1-3-5-7-9-11-13-15-17-19-20-22-24-26-28-30-32-34-36-42(46)44-40(39-50-51(47,48)49-38-37-43)41(45)35-33-31-29-27-25-23-21-18-16-14-12-10-8-6-4-2/h16-19,25,27,33,35,40-41,45H,3-15,20-24,26,28-32,34,36-39,43H2,1-2H3,(H,44,46)(H,47,48)/b18-16+,19-17-,27-25+,35-33+. The van der Waals surface area contributed by atoms with Crippen LogP contribution in [0.3, 0.4) is 0 Å². The van der Waals surface area contributed by atoms with E-state index in [4.69, 9.17) is 14.8 Å². The number of phosphoric ester groups is 1. The molecule has 0 aliphatic heterocycles. The van der Waals surface area contributed by atoms with Crippen molar-refractivity contribution >= 4 is 13.7 Å². The Balaban J connectivity index is 4.33. The van der Waals surface area contributed by atoms with Crippen molar-refractivity contribution in [3.63, 3.8) is 0 Å². The molecule has 0 heterocycles. The fourth-order valence-electron chi connectivity index (χ4n) is 5.69. The number of carbonyl (C=O) groups excluding carboxylic acids is 1. The highest BCUT2D eigenvalue weighted by atomic mass is 31.2. The lowest BCUT2D eigenvalue weighted by Crippen LogP contribution is -2.45. The number of aliphatic hydroxyl groups is 1. The van der Waals surface area contributed by atoms with E-state index < -0.39 is 20.0 Å². The molecule has 0 saturated heterocycles. The van der Waals surface area contributed by atoms with E-state index in [1.54, 1.807) is 6.08 Å². The van der Waals surface area contributed by atoms with Gasteiger partial charge in [-0.05, 0) is 70.6 Å². The van der Waals surface area contributed by atoms with Crippen LogP contribution in [0.5, 0.6) is 0 Å². The summed E-state index contributed by atoms with van der Waals surface area (Å²) in [5, 5.41) is 13.6. The number of unbranched alkanes of at least 4 members (excludes halogenated alkanes) is 20. The van der Waals surface area contributed by atoms with Crippen LogP contribution in [0, 0.1) is 0 Å². The largest absolute Gasteiger partial charge is 0.472 e. The fourth-order valence-corrected chi connectivity index (χ4v) is 6.45. The van der Waals surface area contributed by atoms with Gasteiger partial charge in [0.15, 0.2) is 0 Å². The van der Waals surface area contributed by atoms with E-state index in [9.17, 15) is 19.4 Å². The molecule has 298 valence electrons. The number of nitrogens with one attached hydrogen (secondary N) is 1. The normalized spacial score (nSPS) is 14.7. The summed E-state index contributed by atoms with van der Waals surface area (Å²) in [5.41, 5.74) is 5.36. The minimum absolute atomic E-state index is 0.0699. The second-order valence-electron chi connectivity index (χ2n) is 13.8. The fraction of sp³-hybridized carbons (Fsp3) is 0.786. The quantitative estimate of drug-likeness (QED) is 0.0282. The first-order chi connectivity index (χ1) is 24.9. The van der Waals surface area contributed by atoms with Crippen molar-refractivity contribution < 1.29 is 28.4 Å². The number of hydrogen-bond acceptors (Lipinski definition) is 6. The van der Waals surface area contributed by atoms with Crippen LogP contribution in [-0.2, 0) is 18.4 Å². The highest BCUT2D eigenvalue weighted by Gasteiger charge is 2.26. The molecule has 51 heavy (non-hydrogen) atoms. The minimum atomic E-state index is -4.35. The molecule has 5 N–H and O–H groups in total. The zero-order chi connectivity index (χ0) is 37.5. The monoisotopic (exact) mass is 739 g/mol. The molecule has 9 heteroatoms. The third-order valence-electron chi connectivity index (χ3n) is 8.85. The third-order valence-corrected chi connectivity index (χ3v) is 9.84. The lowest BCUT2D eigenvalue weighted by molar-refractivity contribution is -0.123. The van der Waals surface area contributed by atoms with E-state index in [2.05, 4.69) is 55.6 Å². The zero-order valence-electron chi connectivity index (χ0n) is 32.8. The van der Waals surface area contributed by atoms with Crippen molar-refractivity contribution in [1.29, 1.82) is 0 Å². The van der Waals surface area contributed by atoms with Gasteiger partial charge in [-0.3, -0.25) is 13.8 Å². The number of aliphatic hydroxyl groups excluding tert-OH is 1. The van der Waals surface area contributed by atoms with Crippen molar-refractivity contribution in [3.05, 3.63) is 48.6 Å². The molecule has 0 fully saturated rings. The average molecular weight is 739 g/mol. The Kier molecular flexibility index (Phi) is 37.0. The van der Waals surface area contributed by atoms with Crippen molar-refractivity contribution in [3.8, 4) is 0 Å². The average Bonchev–Trinajstić information content (AvgIpc) is 3.12. The molecule has 0 aliphatic rings. The molecule has 0 aromatic carbocycles. The number of rotatable bonds is 38. The van der Waals surface area contributed by atoms with Crippen LogP contribution < -0.4 is 11.1 Å². The molecule has 0 aromatic rings. The van der Waals surface area contributed by atoms with Gasteiger partial charge < -0.3 is 21.1 Å². The summed E-state index contributed by atoms with van der Waals surface area (Å²) < 4.78 is 22.1. The van der Waals surface area contributed by atoms with Crippen molar-refractivity contribution in [2.75, 3.05) is 19.8 Å². The predicted molar refractivity (Wildman–Crippen MR) is 217 cm³/mol. The van der Waals surface area contributed by atoms with Gasteiger partial charge in [-0.1, -0.05) is 152 Å². The molecule has 3 unspecified atom stereocenters. The molecule has 8 nitrogen and oxygen atoms in total. The van der Waals surface area contributed by atoms with Gasteiger partial charge in [0.25, 0.3) is 0 Å². The van der Waals surface area contributed by atoms with Gasteiger partial charge in [0.2, 0.25) is 5.91 Å². The summed E-state index contributed by atoms with van der Waals surface area (Å²) >= 11 is 0. The summed E-state index contributed by atoms with van der Waals surface area (Å²) in [6.45, 7) is 4.07. The molecular weight excluding hydrogens is 659 g/mol. The van der Waals surface area contributed by atoms with E-state index >= 15 is 0 Å². The van der Waals surface area contributed by atoms with Crippen molar-refractivity contribution in [2.24, 2.45) is 5.73 Å². The molecule has 0 saturated carbocycles. The molecule has 3 atom stereocenters. The molecule has 0 rings (SSSR count). The Hall–Kier alpha value is -1.54. The summed E-state index contributed by atoms with van der Waals surface area (Å²) in [6.07, 6.45) is 45.8. The van der Waals surface area contributed by atoms with Gasteiger partial charge in [-0.25, -0.2) is 4.57 Å². The summed E-state index contributed by atoms with van der Waals surface area (Å²) in [7, 11) is -4.35. The maximum absolute atomic E-state index is 12.7. The van der Waals surface area contributed by atoms with Gasteiger partial charge in [0.1, 0.15) is 0 Å². The maximum Gasteiger partial charge on any atom is 0.472 e. The number of nitrogens with two attached hydrogens (primary N) is 1. The Morgan fingerprint density at radius 1 is 0.627 bits per heavy atom. The Labute approximate surface area is 313 Å². The van der Waals surface area contributed by atoms with Crippen LogP contribution in [0.1, 0.15) is 181 Å². The Bertz CT molecular complexity index is 938. The topological polar surface area (TPSA) is 131 Å². The molecule has 0 radical (unpaired) electrons. The second-order valence-corrected chi connectivity index (χ2v) is 15.3. The van der Waals surface area contributed by atoms with Crippen LogP contribution in [-0.4, -0.2) is 47.8 Å². The SMILES string of the molecule is CCCCCCC/C=C/CC/C=C/CC/C=C/C(O)C(COP(=O)(O)OCCN)NC(=O)CCCCCCCCC/C=C\CCCCCCCC. The Morgan fingerprint density at radius 2 is 1.04 bits per heavy atom. The van der Waals surface area contributed by atoms with E-state index in [1.807, 2.05) is 6.08 Å². The van der Waals surface area contributed by atoms with Gasteiger partial charge in [-0.2, -0.15) is 0 Å². The lowest BCUT2D eigenvalue weighted by atomic mass is 10.1.